The number of rotatable bonds is 3. The molecule has 0 atom stereocenters. The molecule has 2 N–H and O–H groups in total. The molecule has 0 heterocycles. The Morgan fingerprint density at radius 1 is 1.04 bits per heavy atom. The van der Waals surface area contributed by atoms with Crippen LogP contribution in [-0.2, 0) is 0 Å². The average molecular weight is 307 g/mol. The summed E-state index contributed by atoms with van der Waals surface area (Å²) in [6.07, 6.45) is 2.97. The highest BCUT2D eigenvalue weighted by atomic mass is 16.2. The van der Waals surface area contributed by atoms with E-state index in [-0.39, 0.29) is 12.1 Å². The Kier molecular flexibility index (Phi) is 4.03. The molecular formula is C21H25NO. The van der Waals surface area contributed by atoms with Crippen LogP contribution in [0.5, 0.6) is 0 Å². The summed E-state index contributed by atoms with van der Waals surface area (Å²) < 4.78 is 0. The van der Waals surface area contributed by atoms with E-state index >= 15 is 0 Å². The molecule has 0 saturated heterocycles. The van der Waals surface area contributed by atoms with Gasteiger partial charge in [-0.2, -0.15) is 0 Å². The highest BCUT2D eigenvalue weighted by Gasteiger charge is 2.16. The molecule has 120 valence electrons. The molecule has 2 aromatic rings. The van der Waals surface area contributed by atoms with Crippen molar-refractivity contribution in [3.05, 3.63) is 62.8 Å². The van der Waals surface area contributed by atoms with Gasteiger partial charge in [-0.3, -0.25) is 0 Å². The number of nitrogens with one attached hydrogen (secondary N) is 1. The van der Waals surface area contributed by atoms with Gasteiger partial charge in [0.25, 0.3) is 0 Å². The molecule has 0 radical (unpaired) electrons. The van der Waals surface area contributed by atoms with Gasteiger partial charge in [0.05, 0.1) is 0 Å². The second-order valence-electron chi connectivity index (χ2n) is 7.31. The van der Waals surface area contributed by atoms with Crippen LogP contribution in [0, 0.1) is 10.4 Å². The summed E-state index contributed by atoms with van der Waals surface area (Å²) in [7, 11) is 0. The minimum Gasteiger partial charge on any atom is -0.396 e. The Balaban J connectivity index is 2.38. The van der Waals surface area contributed by atoms with Gasteiger partial charge in [-0.1, -0.05) is 42.0 Å². The summed E-state index contributed by atoms with van der Waals surface area (Å²) in [6, 6.07) is 12.9. The maximum atomic E-state index is 9.31. The fourth-order valence-electron chi connectivity index (χ4n) is 3.20. The highest BCUT2D eigenvalue weighted by Crippen LogP contribution is 2.22. The van der Waals surface area contributed by atoms with E-state index in [2.05, 4.69) is 75.5 Å². The van der Waals surface area contributed by atoms with Crippen molar-refractivity contribution in [3.8, 4) is 0 Å². The molecule has 0 bridgehead atoms. The molecule has 0 unspecified atom stereocenters. The molecule has 0 spiro atoms. The number of benzene rings is 2. The van der Waals surface area contributed by atoms with Crippen molar-refractivity contribution in [2.24, 2.45) is 0 Å². The van der Waals surface area contributed by atoms with Crippen LogP contribution in [0.25, 0.3) is 11.6 Å². The number of hydrogen-bond donors (Lipinski definition) is 2. The summed E-state index contributed by atoms with van der Waals surface area (Å²) in [5.74, 6) is 0. The van der Waals surface area contributed by atoms with Crippen molar-refractivity contribution < 1.29 is 5.11 Å². The van der Waals surface area contributed by atoms with Crippen molar-refractivity contribution in [2.75, 3.05) is 11.9 Å². The molecule has 1 aliphatic rings. The van der Waals surface area contributed by atoms with Gasteiger partial charge in [0, 0.05) is 23.4 Å². The summed E-state index contributed by atoms with van der Waals surface area (Å²) in [5.41, 5.74) is 3.63. The molecule has 0 saturated carbocycles. The van der Waals surface area contributed by atoms with Crippen molar-refractivity contribution in [3.63, 3.8) is 0 Å². The Morgan fingerprint density at radius 2 is 1.78 bits per heavy atom. The van der Waals surface area contributed by atoms with Crippen LogP contribution in [-0.4, -0.2) is 17.3 Å². The molecule has 2 heteroatoms. The molecule has 2 aromatic carbocycles. The van der Waals surface area contributed by atoms with Crippen LogP contribution in [0.2, 0.25) is 0 Å². The van der Waals surface area contributed by atoms with Crippen LogP contribution in [0.15, 0.2) is 36.4 Å². The SMILES string of the molecule is CC(CCO)=c1ccc2c(c1NC(C)(C)C)C=c1ccccc1=2. The van der Waals surface area contributed by atoms with Crippen molar-refractivity contribution in [1.82, 2.24) is 0 Å². The van der Waals surface area contributed by atoms with Crippen LogP contribution >= 0.6 is 0 Å². The first-order valence-corrected chi connectivity index (χ1v) is 8.24. The molecule has 2 nitrogen and oxygen atoms in total. The van der Waals surface area contributed by atoms with Gasteiger partial charge < -0.3 is 10.4 Å². The number of fused-ring (bicyclic) bond motifs is 2. The summed E-state index contributed by atoms with van der Waals surface area (Å²) in [6.45, 7) is 8.83. The molecule has 0 fully saturated rings. The van der Waals surface area contributed by atoms with Gasteiger partial charge in [-0.15, -0.1) is 0 Å². The van der Waals surface area contributed by atoms with Crippen LogP contribution in [0.1, 0.15) is 39.7 Å². The Morgan fingerprint density at radius 3 is 2.48 bits per heavy atom. The molecule has 0 amide bonds. The maximum absolute atomic E-state index is 9.31. The lowest BCUT2D eigenvalue weighted by Gasteiger charge is -2.24. The minimum absolute atomic E-state index is 0.0218. The average Bonchev–Trinajstić information content (AvgIpc) is 2.85. The topological polar surface area (TPSA) is 32.3 Å². The number of hydrogen-bond acceptors (Lipinski definition) is 2. The Bertz CT molecular complexity index is 949. The van der Waals surface area contributed by atoms with E-state index < -0.39 is 0 Å². The van der Waals surface area contributed by atoms with Gasteiger partial charge in [0.1, 0.15) is 0 Å². The third-order valence-electron chi connectivity index (χ3n) is 4.24. The molecule has 0 aromatic heterocycles. The largest absolute Gasteiger partial charge is 0.396 e. The lowest BCUT2D eigenvalue weighted by Crippen LogP contribution is -2.30. The lowest BCUT2D eigenvalue weighted by molar-refractivity contribution is 0.304. The second-order valence-corrected chi connectivity index (χ2v) is 7.31. The molecule has 1 aliphatic carbocycles. The van der Waals surface area contributed by atoms with Crippen molar-refractivity contribution >= 4 is 17.3 Å². The first-order chi connectivity index (χ1) is 10.9. The third-order valence-corrected chi connectivity index (χ3v) is 4.24. The van der Waals surface area contributed by atoms with E-state index in [0.29, 0.717) is 6.42 Å². The lowest BCUT2D eigenvalue weighted by atomic mass is 10.0. The Labute approximate surface area is 137 Å². The van der Waals surface area contributed by atoms with Gasteiger partial charge in [0.15, 0.2) is 0 Å². The molecule has 3 rings (SSSR count). The molecular weight excluding hydrogens is 282 g/mol. The fourth-order valence-corrected chi connectivity index (χ4v) is 3.20. The summed E-state index contributed by atoms with van der Waals surface area (Å²) >= 11 is 0. The van der Waals surface area contributed by atoms with Gasteiger partial charge in [-0.05, 0) is 61.1 Å². The van der Waals surface area contributed by atoms with Crippen LogP contribution < -0.4 is 15.8 Å². The summed E-state index contributed by atoms with van der Waals surface area (Å²) in [4.78, 5) is 0. The zero-order chi connectivity index (χ0) is 16.6. The van der Waals surface area contributed by atoms with Crippen molar-refractivity contribution in [2.45, 2.75) is 39.7 Å². The molecule has 0 aliphatic heterocycles. The Hall–Kier alpha value is -2.06. The quantitative estimate of drug-likeness (QED) is 0.780. The zero-order valence-corrected chi connectivity index (χ0v) is 14.4. The number of anilines is 1. The predicted octanol–water partition coefficient (Wildman–Crippen LogP) is 2.88. The highest BCUT2D eigenvalue weighted by molar-refractivity contribution is 5.73. The van der Waals surface area contributed by atoms with E-state index in [1.807, 2.05) is 0 Å². The first kappa shape index (κ1) is 15.8. The minimum atomic E-state index is -0.0218. The van der Waals surface area contributed by atoms with E-state index in [4.69, 9.17) is 0 Å². The second kappa shape index (κ2) is 5.86. The maximum Gasteiger partial charge on any atom is 0.0497 e. The monoisotopic (exact) mass is 307 g/mol. The standard InChI is InChI=1S/C21H25NO/c1-14(11-12-23)16-9-10-18-17-8-6-5-7-15(17)13-19(18)20(16)22-21(2,3)4/h5-10,13,22-23H,11-12H2,1-4H3. The normalized spacial score (nSPS) is 14.0. The summed E-state index contributed by atoms with van der Waals surface area (Å²) in [5, 5.41) is 18.1. The number of aliphatic hydroxyl groups is 1. The first-order valence-electron chi connectivity index (χ1n) is 8.24. The van der Waals surface area contributed by atoms with E-state index in [1.54, 1.807) is 0 Å². The van der Waals surface area contributed by atoms with Crippen molar-refractivity contribution in [1.29, 1.82) is 0 Å². The third kappa shape index (κ3) is 3.04. The molecule has 23 heavy (non-hydrogen) atoms. The van der Waals surface area contributed by atoms with Gasteiger partial charge in [-0.25, -0.2) is 0 Å². The van der Waals surface area contributed by atoms with E-state index in [0.717, 1.165) is 0 Å². The predicted molar refractivity (Wildman–Crippen MR) is 97.5 cm³/mol. The van der Waals surface area contributed by atoms with Crippen LogP contribution in [0.4, 0.5) is 5.69 Å². The van der Waals surface area contributed by atoms with Crippen LogP contribution in [0.3, 0.4) is 0 Å². The van der Waals surface area contributed by atoms with E-state index in [9.17, 15) is 5.11 Å². The zero-order valence-electron chi connectivity index (χ0n) is 14.4. The fraction of sp³-hybridized carbons (Fsp3) is 0.333. The van der Waals surface area contributed by atoms with Gasteiger partial charge in [0.2, 0.25) is 0 Å². The van der Waals surface area contributed by atoms with Gasteiger partial charge >= 0.3 is 0 Å². The smallest absolute Gasteiger partial charge is 0.0497 e. The van der Waals surface area contributed by atoms with E-state index in [1.165, 1.54) is 37.7 Å². The number of aliphatic hydroxyl groups excluding tert-OH is 1.